The lowest BCUT2D eigenvalue weighted by molar-refractivity contribution is 0.405. The van der Waals surface area contributed by atoms with Gasteiger partial charge >= 0.3 is 0 Å². The molecular formula is C11H8O2. The molecule has 0 atom stereocenters. The number of aromatic hydroxyl groups is 2. The van der Waals surface area contributed by atoms with Gasteiger partial charge in [-0.25, -0.2) is 0 Å². The maximum atomic E-state index is 9.39. The highest BCUT2D eigenvalue weighted by Crippen LogP contribution is 2.44. The van der Waals surface area contributed by atoms with Crippen molar-refractivity contribution in [3.05, 3.63) is 35.4 Å². The van der Waals surface area contributed by atoms with E-state index in [1.807, 2.05) is 6.07 Å². The van der Waals surface area contributed by atoms with Crippen LogP contribution in [0.3, 0.4) is 0 Å². The van der Waals surface area contributed by atoms with Gasteiger partial charge in [0, 0.05) is 0 Å². The van der Waals surface area contributed by atoms with E-state index in [1.54, 1.807) is 6.07 Å². The van der Waals surface area contributed by atoms with Crippen molar-refractivity contribution in [1.82, 2.24) is 0 Å². The van der Waals surface area contributed by atoms with E-state index in [1.165, 1.54) is 17.2 Å². The first-order valence-corrected chi connectivity index (χ1v) is 4.22. The van der Waals surface area contributed by atoms with E-state index < -0.39 is 0 Å². The zero-order chi connectivity index (χ0) is 9.00. The van der Waals surface area contributed by atoms with E-state index in [2.05, 4.69) is 6.07 Å². The summed E-state index contributed by atoms with van der Waals surface area (Å²) in [6.45, 7) is 0. The van der Waals surface area contributed by atoms with Crippen LogP contribution in [0.1, 0.15) is 11.1 Å². The van der Waals surface area contributed by atoms with Crippen molar-refractivity contribution < 1.29 is 10.2 Å². The molecule has 0 aliphatic heterocycles. The number of hydrogen-bond acceptors (Lipinski definition) is 2. The second-order valence-electron chi connectivity index (χ2n) is 3.44. The normalized spacial score (nSPS) is 12.9. The average Bonchev–Trinajstić information content (AvgIpc) is 2.82. The van der Waals surface area contributed by atoms with Crippen LogP contribution in [0.2, 0.25) is 0 Å². The topological polar surface area (TPSA) is 40.5 Å². The monoisotopic (exact) mass is 172 g/mol. The molecule has 3 aliphatic rings. The molecular weight excluding hydrogens is 164 g/mol. The van der Waals surface area contributed by atoms with Gasteiger partial charge < -0.3 is 10.2 Å². The van der Waals surface area contributed by atoms with Crippen LogP contribution in [0.5, 0.6) is 11.5 Å². The number of rotatable bonds is 0. The molecule has 2 nitrogen and oxygen atoms in total. The maximum Gasteiger partial charge on any atom is 0.158 e. The minimum absolute atomic E-state index is 0.0460. The molecule has 0 saturated carbocycles. The first kappa shape index (κ1) is 6.78. The van der Waals surface area contributed by atoms with E-state index >= 15 is 0 Å². The van der Waals surface area contributed by atoms with E-state index in [0.29, 0.717) is 0 Å². The van der Waals surface area contributed by atoms with Crippen LogP contribution < -0.4 is 0 Å². The minimum Gasteiger partial charge on any atom is -0.504 e. The van der Waals surface area contributed by atoms with Crippen LogP contribution in [0.15, 0.2) is 24.3 Å². The molecule has 2 heteroatoms. The summed E-state index contributed by atoms with van der Waals surface area (Å²) in [5, 5.41) is 18.7. The summed E-state index contributed by atoms with van der Waals surface area (Å²) >= 11 is 0. The van der Waals surface area contributed by atoms with E-state index in [4.69, 9.17) is 0 Å². The van der Waals surface area contributed by atoms with Crippen molar-refractivity contribution in [2.75, 3.05) is 0 Å². The standard InChI is InChI=1S/C11H8O2/c12-10-2-1-6-3-7-4-8(7)9(6)5-11(10)13/h1-3,5,12-13H,4H2. The third-order valence-corrected chi connectivity index (χ3v) is 2.56. The molecule has 0 radical (unpaired) electrons. The Labute approximate surface area is 75.4 Å². The van der Waals surface area contributed by atoms with Gasteiger partial charge in [-0.05, 0) is 40.8 Å². The Morgan fingerprint density at radius 2 is 1.85 bits per heavy atom. The zero-order valence-electron chi connectivity index (χ0n) is 6.91. The average molecular weight is 172 g/mol. The second-order valence-corrected chi connectivity index (χ2v) is 3.44. The fourth-order valence-electron chi connectivity index (χ4n) is 1.77. The predicted molar refractivity (Wildman–Crippen MR) is 49.2 cm³/mol. The van der Waals surface area contributed by atoms with Crippen molar-refractivity contribution in [2.24, 2.45) is 0 Å². The van der Waals surface area contributed by atoms with Gasteiger partial charge in [0.15, 0.2) is 11.5 Å². The van der Waals surface area contributed by atoms with Gasteiger partial charge in [-0.2, -0.15) is 0 Å². The third kappa shape index (κ3) is 0.827. The molecule has 64 valence electrons. The lowest BCUT2D eigenvalue weighted by Crippen LogP contribution is -1.68. The number of fused-ring (bicyclic) bond motifs is 3. The molecule has 13 heavy (non-hydrogen) atoms. The zero-order valence-corrected chi connectivity index (χ0v) is 6.91. The minimum atomic E-state index is -0.0643. The van der Waals surface area contributed by atoms with Crippen LogP contribution in [-0.2, 0) is 6.42 Å². The summed E-state index contributed by atoms with van der Waals surface area (Å²) in [5.74, 6) is -0.110. The molecule has 0 saturated heterocycles. The maximum absolute atomic E-state index is 9.39. The molecule has 3 aliphatic carbocycles. The van der Waals surface area contributed by atoms with Crippen molar-refractivity contribution >= 4 is 0 Å². The van der Waals surface area contributed by atoms with Crippen LogP contribution in [0.4, 0.5) is 0 Å². The molecule has 0 amide bonds. The molecule has 0 aromatic heterocycles. The molecule has 0 aromatic carbocycles. The summed E-state index contributed by atoms with van der Waals surface area (Å²) in [4.78, 5) is 0. The SMILES string of the molecule is Oc1ccc2cc3c(c-2cc1O)C3. The predicted octanol–water partition coefficient (Wildman–Crippen LogP) is 2.11. The highest BCUT2D eigenvalue weighted by atomic mass is 16.3. The smallest absolute Gasteiger partial charge is 0.158 e. The Morgan fingerprint density at radius 3 is 2.69 bits per heavy atom. The summed E-state index contributed by atoms with van der Waals surface area (Å²) in [5.41, 5.74) is 4.82. The van der Waals surface area contributed by atoms with Gasteiger partial charge in [0.1, 0.15) is 0 Å². The van der Waals surface area contributed by atoms with Gasteiger partial charge in [0.05, 0.1) is 0 Å². The largest absolute Gasteiger partial charge is 0.504 e. The van der Waals surface area contributed by atoms with Crippen molar-refractivity contribution in [3.63, 3.8) is 0 Å². The Hall–Kier alpha value is -1.70. The lowest BCUT2D eigenvalue weighted by Gasteiger charge is -1.92. The van der Waals surface area contributed by atoms with Gasteiger partial charge in [0.2, 0.25) is 0 Å². The molecule has 3 rings (SSSR count). The van der Waals surface area contributed by atoms with Crippen LogP contribution in [-0.4, -0.2) is 10.2 Å². The quantitative estimate of drug-likeness (QED) is 0.545. The van der Waals surface area contributed by atoms with Gasteiger partial charge in [0.25, 0.3) is 0 Å². The fourth-order valence-corrected chi connectivity index (χ4v) is 1.77. The summed E-state index contributed by atoms with van der Waals surface area (Å²) in [6, 6.07) is 7.09. The fraction of sp³-hybridized carbons (Fsp3) is 0.0909. The van der Waals surface area contributed by atoms with Crippen molar-refractivity contribution in [2.45, 2.75) is 6.42 Å². The first-order chi connectivity index (χ1) is 6.25. The van der Waals surface area contributed by atoms with Crippen LogP contribution in [0, 0.1) is 0 Å². The van der Waals surface area contributed by atoms with Crippen LogP contribution >= 0.6 is 0 Å². The van der Waals surface area contributed by atoms with E-state index in [-0.39, 0.29) is 11.5 Å². The highest BCUT2D eigenvalue weighted by molar-refractivity contribution is 5.81. The molecule has 0 unspecified atom stereocenters. The first-order valence-electron chi connectivity index (χ1n) is 4.22. The van der Waals surface area contributed by atoms with Gasteiger partial charge in [-0.3, -0.25) is 0 Å². The Bertz CT molecular complexity index is 474. The summed E-state index contributed by atoms with van der Waals surface area (Å²) in [6.07, 6.45) is 1.04. The van der Waals surface area contributed by atoms with Crippen LogP contribution in [0.25, 0.3) is 11.1 Å². The van der Waals surface area contributed by atoms with Crippen molar-refractivity contribution in [3.8, 4) is 22.6 Å². The summed E-state index contributed by atoms with van der Waals surface area (Å²) in [7, 11) is 0. The molecule has 0 heterocycles. The molecule has 0 fully saturated rings. The molecule has 0 bridgehead atoms. The molecule has 0 spiro atoms. The molecule has 2 N–H and O–H groups in total. The Morgan fingerprint density at radius 1 is 1.00 bits per heavy atom. The van der Waals surface area contributed by atoms with E-state index in [9.17, 15) is 10.2 Å². The molecule has 0 aromatic rings. The number of hydrogen-bond donors (Lipinski definition) is 2. The van der Waals surface area contributed by atoms with Gasteiger partial charge in [-0.15, -0.1) is 0 Å². The van der Waals surface area contributed by atoms with E-state index in [0.717, 1.165) is 17.5 Å². The van der Waals surface area contributed by atoms with Crippen molar-refractivity contribution in [1.29, 1.82) is 0 Å². The lowest BCUT2D eigenvalue weighted by atomic mass is 10.1. The Kier molecular flexibility index (Phi) is 1.02. The third-order valence-electron chi connectivity index (χ3n) is 2.56. The Balaban J connectivity index is 2.39. The second kappa shape index (κ2) is 1.96. The highest BCUT2D eigenvalue weighted by Gasteiger charge is 2.25. The summed E-state index contributed by atoms with van der Waals surface area (Å²) < 4.78 is 0. The van der Waals surface area contributed by atoms with Gasteiger partial charge in [-0.1, -0.05) is 12.1 Å².